The molecule has 0 heterocycles. The van der Waals surface area contributed by atoms with E-state index in [-0.39, 0.29) is 5.92 Å². The Morgan fingerprint density at radius 3 is 2.24 bits per heavy atom. The number of hydrogen-bond acceptors (Lipinski definition) is 4. The summed E-state index contributed by atoms with van der Waals surface area (Å²) in [6, 6.07) is 0. The van der Waals surface area contributed by atoms with Crippen LogP contribution in [0.1, 0.15) is 79.6 Å². The van der Waals surface area contributed by atoms with Gasteiger partial charge in [-0.25, -0.2) is 9.68 Å². The summed E-state index contributed by atoms with van der Waals surface area (Å²) in [5.41, 5.74) is -0.445. The van der Waals surface area contributed by atoms with Crippen LogP contribution in [-0.4, -0.2) is 23.2 Å². The van der Waals surface area contributed by atoms with E-state index in [1.165, 1.54) is 0 Å². The maximum atomic E-state index is 10.8. The van der Waals surface area contributed by atoms with E-state index in [0.29, 0.717) is 0 Å². The lowest BCUT2D eigenvalue weighted by Gasteiger charge is -2.29. The molecule has 21 heavy (non-hydrogen) atoms. The molecule has 2 atom stereocenters. The van der Waals surface area contributed by atoms with Gasteiger partial charge < -0.3 is 9.84 Å². The Morgan fingerprint density at radius 2 is 1.76 bits per heavy atom. The van der Waals surface area contributed by atoms with E-state index >= 15 is 0 Å². The van der Waals surface area contributed by atoms with Crippen molar-refractivity contribution >= 4 is 6.16 Å². The minimum atomic E-state index is -1.33. The van der Waals surface area contributed by atoms with Crippen molar-refractivity contribution in [2.45, 2.75) is 91.5 Å². The first-order valence-corrected chi connectivity index (χ1v) is 8.10. The van der Waals surface area contributed by atoms with Crippen LogP contribution < -0.4 is 0 Å². The summed E-state index contributed by atoms with van der Waals surface area (Å²) in [6.07, 6.45) is 4.50. The van der Waals surface area contributed by atoms with Crippen LogP contribution in [0.5, 0.6) is 0 Å². The van der Waals surface area contributed by atoms with Gasteiger partial charge in [0.2, 0.25) is 6.29 Å². The van der Waals surface area contributed by atoms with Gasteiger partial charge in [-0.2, -0.15) is 4.89 Å². The highest BCUT2D eigenvalue weighted by atomic mass is 17.2. The molecule has 0 spiro atoms. The number of unbranched alkanes of at least 4 members (excludes halogenated alkanes) is 2. The van der Waals surface area contributed by atoms with E-state index in [4.69, 9.17) is 19.6 Å². The SMILES string of the molecule is CCCCC(CC)C(OOC(C)(C)CCCC)OC(=O)O. The standard InChI is InChI=1S/C16H32O5/c1-6-9-11-13(8-3)14(19-15(17)18)20-21-16(4,5)12-10-7-2/h13-14H,6-12H2,1-5H3,(H,17,18). The predicted molar refractivity (Wildman–Crippen MR) is 82.0 cm³/mol. The molecule has 0 radical (unpaired) electrons. The Bertz CT molecular complexity index is 278. The molecule has 0 amide bonds. The van der Waals surface area contributed by atoms with Crippen LogP contribution in [0, 0.1) is 5.92 Å². The molecule has 0 bridgehead atoms. The molecule has 0 rings (SSSR count). The zero-order chi connectivity index (χ0) is 16.3. The van der Waals surface area contributed by atoms with Gasteiger partial charge in [-0.05, 0) is 33.1 Å². The van der Waals surface area contributed by atoms with Gasteiger partial charge in [0.05, 0.1) is 5.60 Å². The Morgan fingerprint density at radius 1 is 1.14 bits per heavy atom. The van der Waals surface area contributed by atoms with Crippen molar-refractivity contribution in [2.24, 2.45) is 5.92 Å². The van der Waals surface area contributed by atoms with Crippen LogP contribution in [0.3, 0.4) is 0 Å². The maximum absolute atomic E-state index is 10.8. The highest BCUT2D eigenvalue weighted by molar-refractivity contribution is 5.56. The molecular formula is C16H32O5. The molecular weight excluding hydrogens is 272 g/mol. The number of carbonyl (C=O) groups is 1. The van der Waals surface area contributed by atoms with Gasteiger partial charge >= 0.3 is 6.16 Å². The van der Waals surface area contributed by atoms with E-state index in [2.05, 4.69) is 13.8 Å². The minimum absolute atomic E-state index is 0.0167. The van der Waals surface area contributed by atoms with Gasteiger partial charge in [0.25, 0.3) is 0 Å². The third-order valence-corrected chi connectivity index (χ3v) is 3.56. The molecule has 0 aromatic rings. The van der Waals surface area contributed by atoms with Crippen LogP contribution in [0.15, 0.2) is 0 Å². The van der Waals surface area contributed by atoms with Crippen molar-refractivity contribution in [2.75, 3.05) is 0 Å². The van der Waals surface area contributed by atoms with Gasteiger partial charge in [0.15, 0.2) is 0 Å². The van der Waals surface area contributed by atoms with Gasteiger partial charge in [0, 0.05) is 5.92 Å². The van der Waals surface area contributed by atoms with E-state index in [1.807, 2.05) is 20.8 Å². The third-order valence-electron chi connectivity index (χ3n) is 3.56. The molecule has 126 valence electrons. The maximum Gasteiger partial charge on any atom is 0.508 e. The van der Waals surface area contributed by atoms with Crippen LogP contribution in [-0.2, 0) is 14.5 Å². The van der Waals surface area contributed by atoms with Crippen molar-refractivity contribution in [3.05, 3.63) is 0 Å². The molecule has 0 saturated heterocycles. The lowest BCUT2D eigenvalue weighted by molar-refractivity contribution is -0.422. The second-order valence-corrected chi connectivity index (χ2v) is 6.11. The molecule has 0 fully saturated rings. The van der Waals surface area contributed by atoms with Crippen LogP contribution in [0.2, 0.25) is 0 Å². The summed E-state index contributed by atoms with van der Waals surface area (Å²) in [4.78, 5) is 21.7. The monoisotopic (exact) mass is 304 g/mol. The second kappa shape index (κ2) is 10.9. The van der Waals surface area contributed by atoms with Gasteiger partial charge in [-0.15, -0.1) is 0 Å². The minimum Gasteiger partial charge on any atom is -0.450 e. The summed E-state index contributed by atoms with van der Waals surface area (Å²) in [6.45, 7) is 10.1. The smallest absolute Gasteiger partial charge is 0.450 e. The van der Waals surface area contributed by atoms with Gasteiger partial charge in [-0.3, -0.25) is 0 Å². The highest BCUT2D eigenvalue weighted by Crippen LogP contribution is 2.25. The largest absolute Gasteiger partial charge is 0.508 e. The number of carboxylic acid groups (broad SMARTS) is 1. The summed E-state index contributed by atoms with van der Waals surface area (Å²) in [5, 5.41) is 8.87. The van der Waals surface area contributed by atoms with Crippen LogP contribution in [0.25, 0.3) is 0 Å². The zero-order valence-electron chi connectivity index (χ0n) is 14.2. The van der Waals surface area contributed by atoms with Crippen molar-refractivity contribution in [3.8, 4) is 0 Å². The van der Waals surface area contributed by atoms with Crippen LogP contribution >= 0.6 is 0 Å². The summed E-state index contributed by atoms with van der Waals surface area (Å²) < 4.78 is 4.87. The zero-order valence-corrected chi connectivity index (χ0v) is 14.2. The second-order valence-electron chi connectivity index (χ2n) is 6.11. The third kappa shape index (κ3) is 9.69. The fourth-order valence-corrected chi connectivity index (χ4v) is 2.11. The molecule has 5 nitrogen and oxygen atoms in total. The lowest BCUT2D eigenvalue weighted by atomic mass is 9.99. The average molecular weight is 304 g/mol. The average Bonchev–Trinajstić information content (AvgIpc) is 2.42. The molecule has 0 saturated carbocycles. The molecule has 0 aromatic heterocycles. The number of ether oxygens (including phenoxy) is 1. The van der Waals surface area contributed by atoms with Gasteiger partial charge in [-0.1, -0.05) is 46.5 Å². The number of hydrogen-bond donors (Lipinski definition) is 1. The predicted octanol–water partition coefficient (Wildman–Crippen LogP) is 5.14. The van der Waals surface area contributed by atoms with Crippen LogP contribution in [0.4, 0.5) is 4.79 Å². The molecule has 0 aliphatic heterocycles. The quantitative estimate of drug-likeness (QED) is 0.234. The Kier molecular flexibility index (Phi) is 10.4. The fourth-order valence-electron chi connectivity index (χ4n) is 2.11. The summed E-state index contributed by atoms with van der Waals surface area (Å²) in [5.74, 6) is 0.0167. The highest BCUT2D eigenvalue weighted by Gasteiger charge is 2.29. The molecule has 5 heteroatoms. The Labute approximate surface area is 128 Å². The first-order chi connectivity index (χ1) is 9.86. The van der Waals surface area contributed by atoms with E-state index in [9.17, 15) is 4.79 Å². The first kappa shape index (κ1) is 20.2. The van der Waals surface area contributed by atoms with E-state index < -0.39 is 18.0 Å². The molecule has 0 aromatic carbocycles. The lowest BCUT2D eigenvalue weighted by Crippen LogP contribution is -2.34. The fraction of sp³-hybridized carbons (Fsp3) is 0.938. The molecule has 0 aliphatic carbocycles. The van der Waals surface area contributed by atoms with Crippen molar-refractivity contribution in [3.63, 3.8) is 0 Å². The summed E-state index contributed by atoms with van der Waals surface area (Å²) >= 11 is 0. The normalized spacial score (nSPS) is 14.7. The van der Waals surface area contributed by atoms with Crippen molar-refractivity contribution in [1.29, 1.82) is 0 Å². The van der Waals surface area contributed by atoms with Crippen molar-refractivity contribution < 1.29 is 24.4 Å². The first-order valence-electron chi connectivity index (χ1n) is 8.10. The molecule has 0 aliphatic rings. The molecule has 2 unspecified atom stereocenters. The van der Waals surface area contributed by atoms with Crippen molar-refractivity contribution in [1.82, 2.24) is 0 Å². The Balaban J connectivity index is 4.55. The molecule has 1 N–H and O–H groups in total. The topological polar surface area (TPSA) is 65.0 Å². The van der Waals surface area contributed by atoms with E-state index in [1.54, 1.807) is 0 Å². The number of rotatable bonds is 12. The Hall–Kier alpha value is -0.810. The van der Waals surface area contributed by atoms with E-state index in [0.717, 1.165) is 44.9 Å². The summed E-state index contributed by atoms with van der Waals surface area (Å²) in [7, 11) is 0. The van der Waals surface area contributed by atoms with Gasteiger partial charge in [0.1, 0.15) is 0 Å².